The van der Waals surface area contributed by atoms with Gasteiger partial charge in [-0.1, -0.05) is 29.8 Å². The number of aryl methyl sites for hydroxylation is 1. The van der Waals surface area contributed by atoms with E-state index in [1.807, 2.05) is 24.1 Å². The van der Waals surface area contributed by atoms with Gasteiger partial charge in [-0.2, -0.15) is 5.26 Å². The van der Waals surface area contributed by atoms with Gasteiger partial charge in [-0.3, -0.25) is 9.69 Å². The lowest BCUT2D eigenvalue weighted by molar-refractivity contribution is -0.130. The minimum atomic E-state index is 0.0467. The van der Waals surface area contributed by atoms with E-state index in [2.05, 4.69) is 25.1 Å². The number of amides is 1. The number of carbonyl (C=O) groups excluding carboxylic acids is 1. The summed E-state index contributed by atoms with van der Waals surface area (Å²) in [5.41, 5.74) is 2.43. The fourth-order valence-electron chi connectivity index (χ4n) is 1.87. The highest BCUT2D eigenvalue weighted by Crippen LogP contribution is 2.06. The third kappa shape index (κ3) is 5.54. The molecule has 1 aromatic rings. The van der Waals surface area contributed by atoms with Crippen LogP contribution in [0.15, 0.2) is 24.3 Å². The summed E-state index contributed by atoms with van der Waals surface area (Å²) in [6.07, 6.45) is 0.379. The van der Waals surface area contributed by atoms with Gasteiger partial charge >= 0.3 is 0 Å². The second-order valence-electron chi connectivity index (χ2n) is 4.88. The molecule has 0 bridgehead atoms. The Labute approximate surface area is 115 Å². The maximum atomic E-state index is 11.9. The molecule has 0 N–H and O–H groups in total. The van der Waals surface area contributed by atoms with Crippen molar-refractivity contribution >= 4 is 5.91 Å². The first kappa shape index (κ1) is 15.2. The second-order valence-corrected chi connectivity index (χ2v) is 4.88. The smallest absolute Gasteiger partial charge is 0.236 e. The molecule has 0 fully saturated rings. The molecule has 1 aromatic carbocycles. The number of benzene rings is 1. The van der Waals surface area contributed by atoms with Gasteiger partial charge in [0, 0.05) is 20.1 Å². The van der Waals surface area contributed by atoms with Crippen LogP contribution in [0.4, 0.5) is 0 Å². The van der Waals surface area contributed by atoms with E-state index in [1.54, 1.807) is 11.9 Å². The van der Waals surface area contributed by atoms with Crippen molar-refractivity contribution in [3.05, 3.63) is 35.4 Å². The molecule has 0 saturated heterocycles. The van der Waals surface area contributed by atoms with Gasteiger partial charge in [-0.15, -0.1) is 0 Å². The van der Waals surface area contributed by atoms with Crippen LogP contribution in [0.1, 0.15) is 17.5 Å². The maximum absolute atomic E-state index is 11.9. The van der Waals surface area contributed by atoms with Crippen LogP contribution in [0.2, 0.25) is 0 Å². The Morgan fingerprint density at radius 2 is 2.11 bits per heavy atom. The number of nitrogens with zero attached hydrogens (tertiary/aromatic N) is 3. The molecule has 102 valence electrons. The Morgan fingerprint density at radius 1 is 1.37 bits per heavy atom. The molecular formula is C15H21N3O. The number of carbonyl (C=O) groups is 1. The summed E-state index contributed by atoms with van der Waals surface area (Å²) in [5.74, 6) is 0.0467. The highest BCUT2D eigenvalue weighted by atomic mass is 16.2. The summed E-state index contributed by atoms with van der Waals surface area (Å²) in [5, 5.41) is 8.50. The topological polar surface area (TPSA) is 47.3 Å². The standard InChI is InChI=1S/C15H21N3O/c1-13-6-4-7-14(10-13)11-17(2)12-15(19)18(3)9-5-8-16/h4,6-7,10H,5,9,11-12H2,1-3H3. The van der Waals surface area contributed by atoms with Crippen molar-refractivity contribution < 1.29 is 4.79 Å². The van der Waals surface area contributed by atoms with E-state index < -0.39 is 0 Å². The molecule has 0 aliphatic heterocycles. The number of likely N-dealkylation sites (N-methyl/N-ethyl adjacent to an activating group) is 2. The average Bonchev–Trinajstić information content (AvgIpc) is 2.35. The van der Waals surface area contributed by atoms with Crippen LogP contribution in [-0.4, -0.2) is 42.9 Å². The lowest BCUT2D eigenvalue weighted by Crippen LogP contribution is -2.36. The van der Waals surface area contributed by atoms with Gasteiger partial charge in [0.05, 0.1) is 19.0 Å². The molecule has 1 amide bonds. The van der Waals surface area contributed by atoms with Gasteiger partial charge in [-0.05, 0) is 19.5 Å². The first-order valence-corrected chi connectivity index (χ1v) is 6.38. The molecule has 0 aliphatic carbocycles. The zero-order chi connectivity index (χ0) is 14.3. The van der Waals surface area contributed by atoms with Crippen LogP contribution in [0, 0.1) is 18.3 Å². The van der Waals surface area contributed by atoms with Gasteiger partial charge < -0.3 is 4.90 Å². The molecule has 0 radical (unpaired) electrons. The van der Waals surface area contributed by atoms with Crippen LogP contribution in [0.25, 0.3) is 0 Å². The van der Waals surface area contributed by atoms with Crippen LogP contribution >= 0.6 is 0 Å². The summed E-state index contributed by atoms with van der Waals surface area (Å²) in [4.78, 5) is 15.5. The van der Waals surface area contributed by atoms with Crippen molar-refractivity contribution in [2.45, 2.75) is 19.9 Å². The quantitative estimate of drug-likeness (QED) is 0.782. The molecule has 0 atom stereocenters. The Bertz CT molecular complexity index is 465. The van der Waals surface area contributed by atoms with E-state index in [-0.39, 0.29) is 5.91 Å². The first-order chi connectivity index (χ1) is 9.02. The average molecular weight is 259 g/mol. The SMILES string of the molecule is Cc1cccc(CN(C)CC(=O)N(C)CCC#N)c1. The highest BCUT2D eigenvalue weighted by molar-refractivity contribution is 5.77. The molecule has 0 aliphatic rings. The van der Waals surface area contributed by atoms with Crippen molar-refractivity contribution in [3.63, 3.8) is 0 Å². The fraction of sp³-hybridized carbons (Fsp3) is 0.467. The van der Waals surface area contributed by atoms with E-state index in [4.69, 9.17) is 5.26 Å². The largest absolute Gasteiger partial charge is 0.344 e. The van der Waals surface area contributed by atoms with E-state index in [0.29, 0.717) is 19.5 Å². The van der Waals surface area contributed by atoms with Gasteiger partial charge in [0.25, 0.3) is 0 Å². The zero-order valence-electron chi connectivity index (χ0n) is 11.9. The normalized spacial score (nSPS) is 10.3. The first-order valence-electron chi connectivity index (χ1n) is 6.38. The third-order valence-corrected chi connectivity index (χ3v) is 2.92. The molecule has 0 aromatic heterocycles. The molecule has 0 spiro atoms. The molecular weight excluding hydrogens is 238 g/mol. The molecule has 0 heterocycles. The van der Waals surface area contributed by atoms with Crippen molar-refractivity contribution in [1.29, 1.82) is 5.26 Å². The fourth-order valence-corrected chi connectivity index (χ4v) is 1.87. The summed E-state index contributed by atoms with van der Waals surface area (Å²) >= 11 is 0. The highest BCUT2D eigenvalue weighted by Gasteiger charge is 2.11. The Kier molecular flexibility index (Phi) is 6.04. The van der Waals surface area contributed by atoms with Crippen LogP contribution in [0.3, 0.4) is 0 Å². The summed E-state index contributed by atoms with van der Waals surface area (Å²) in [7, 11) is 3.67. The van der Waals surface area contributed by atoms with E-state index in [9.17, 15) is 4.79 Å². The number of nitriles is 1. The predicted octanol–water partition coefficient (Wildman–Crippen LogP) is 1.80. The summed E-state index contributed by atoms with van der Waals surface area (Å²) < 4.78 is 0. The monoisotopic (exact) mass is 259 g/mol. The Hall–Kier alpha value is -1.86. The van der Waals surface area contributed by atoms with E-state index in [0.717, 1.165) is 6.54 Å². The third-order valence-electron chi connectivity index (χ3n) is 2.92. The van der Waals surface area contributed by atoms with E-state index in [1.165, 1.54) is 11.1 Å². The van der Waals surface area contributed by atoms with Gasteiger partial charge in [0.15, 0.2) is 0 Å². The molecule has 4 nitrogen and oxygen atoms in total. The molecule has 4 heteroatoms. The minimum absolute atomic E-state index is 0.0467. The summed E-state index contributed by atoms with van der Waals surface area (Å²) in [6, 6.07) is 10.3. The number of hydrogen-bond donors (Lipinski definition) is 0. The molecule has 19 heavy (non-hydrogen) atoms. The summed E-state index contributed by atoms with van der Waals surface area (Å²) in [6.45, 7) is 3.67. The Balaban J connectivity index is 2.44. The van der Waals surface area contributed by atoms with Gasteiger partial charge in [0.1, 0.15) is 0 Å². The van der Waals surface area contributed by atoms with Crippen LogP contribution in [0.5, 0.6) is 0 Å². The lowest BCUT2D eigenvalue weighted by Gasteiger charge is -2.21. The van der Waals surface area contributed by atoms with E-state index >= 15 is 0 Å². The second kappa shape index (κ2) is 7.55. The Morgan fingerprint density at radius 3 is 2.74 bits per heavy atom. The zero-order valence-corrected chi connectivity index (χ0v) is 11.9. The number of hydrogen-bond acceptors (Lipinski definition) is 3. The van der Waals surface area contributed by atoms with Gasteiger partial charge in [-0.25, -0.2) is 0 Å². The minimum Gasteiger partial charge on any atom is -0.344 e. The van der Waals surface area contributed by atoms with Crippen LogP contribution < -0.4 is 0 Å². The van der Waals surface area contributed by atoms with Crippen molar-refractivity contribution in [3.8, 4) is 6.07 Å². The molecule has 0 saturated carbocycles. The van der Waals surface area contributed by atoms with Crippen molar-refractivity contribution in [2.75, 3.05) is 27.2 Å². The number of rotatable bonds is 6. The predicted molar refractivity (Wildman–Crippen MR) is 75.4 cm³/mol. The van der Waals surface area contributed by atoms with Crippen LogP contribution in [-0.2, 0) is 11.3 Å². The molecule has 0 unspecified atom stereocenters. The lowest BCUT2D eigenvalue weighted by atomic mass is 10.1. The van der Waals surface area contributed by atoms with Crippen molar-refractivity contribution in [1.82, 2.24) is 9.80 Å². The molecule has 1 rings (SSSR count). The van der Waals surface area contributed by atoms with Gasteiger partial charge in [0.2, 0.25) is 5.91 Å². The van der Waals surface area contributed by atoms with Crippen molar-refractivity contribution in [2.24, 2.45) is 0 Å². The maximum Gasteiger partial charge on any atom is 0.236 e.